The van der Waals surface area contributed by atoms with Crippen molar-refractivity contribution >= 4 is 11.7 Å². The molecule has 3 heterocycles. The first-order valence-corrected chi connectivity index (χ1v) is 7.45. The molecule has 7 nitrogen and oxygen atoms in total. The Bertz CT molecular complexity index is 721. The molecule has 0 saturated carbocycles. The second kappa shape index (κ2) is 5.75. The van der Waals surface area contributed by atoms with Crippen molar-refractivity contribution in [2.24, 2.45) is 0 Å². The molecule has 0 aliphatic carbocycles. The lowest BCUT2D eigenvalue weighted by Crippen LogP contribution is -2.34. The van der Waals surface area contributed by atoms with Gasteiger partial charge in [-0.15, -0.1) is 0 Å². The molecule has 1 aliphatic rings. The molecule has 0 atom stereocenters. The second-order valence-corrected chi connectivity index (χ2v) is 5.53. The maximum Gasteiger partial charge on any atom is 0.270 e. The number of hydrogen-bond donors (Lipinski definition) is 2. The van der Waals surface area contributed by atoms with Crippen molar-refractivity contribution in [1.29, 1.82) is 0 Å². The highest BCUT2D eigenvalue weighted by Crippen LogP contribution is 2.20. The normalized spacial score (nSPS) is 13.7. The summed E-state index contributed by atoms with van der Waals surface area (Å²) in [7, 11) is 0. The lowest BCUT2D eigenvalue weighted by atomic mass is 10.1. The molecule has 7 heteroatoms. The molecule has 2 N–H and O–H groups in total. The number of aromatic nitrogens is 4. The maximum atomic E-state index is 11.9. The van der Waals surface area contributed by atoms with Crippen LogP contribution in [0.25, 0.3) is 0 Å². The third-order valence-corrected chi connectivity index (χ3v) is 3.71. The van der Waals surface area contributed by atoms with Crippen molar-refractivity contribution in [2.75, 3.05) is 18.4 Å². The molecule has 0 radical (unpaired) electrons. The van der Waals surface area contributed by atoms with Crippen LogP contribution in [0.2, 0.25) is 0 Å². The Morgan fingerprint density at radius 3 is 2.86 bits per heavy atom. The number of aryl methyl sites for hydroxylation is 3. The number of nitrogens with zero attached hydrogens (tertiary/aromatic N) is 4. The number of anilines is 1. The van der Waals surface area contributed by atoms with E-state index in [0.29, 0.717) is 24.6 Å². The van der Waals surface area contributed by atoms with Crippen LogP contribution in [-0.4, -0.2) is 38.7 Å². The van der Waals surface area contributed by atoms with Crippen LogP contribution < -0.4 is 10.6 Å². The monoisotopic (exact) mass is 300 g/mol. The van der Waals surface area contributed by atoms with Crippen LogP contribution in [0.1, 0.15) is 33.3 Å². The van der Waals surface area contributed by atoms with Crippen molar-refractivity contribution in [3.8, 4) is 0 Å². The molecular formula is C15H20N6O. The van der Waals surface area contributed by atoms with Crippen LogP contribution in [0, 0.1) is 20.8 Å². The van der Waals surface area contributed by atoms with Gasteiger partial charge in [0.1, 0.15) is 17.3 Å². The zero-order chi connectivity index (χ0) is 15.7. The number of carbonyl (C=O) groups is 1. The van der Waals surface area contributed by atoms with Gasteiger partial charge in [0, 0.05) is 24.3 Å². The van der Waals surface area contributed by atoms with E-state index in [4.69, 9.17) is 0 Å². The standard InChI is InChI=1S/C15H20N6O/c1-9-8-10(2)21(20-9)7-6-16-14-12-4-5-17-15(22)13(12)18-11(3)19-14/h8H,4-7H2,1-3H3,(H,17,22)(H,16,18,19). The molecule has 0 fully saturated rings. The third kappa shape index (κ3) is 2.79. The van der Waals surface area contributed by atoms with Gasteiger partial charge in [0.05, 0.1) is 12.2 Å². The summed E-state index contributed by atoms with van der Waals surface area (Å²) in [6.45, 7) is 7.91. The van der Waals surface area contributed by atoms with Crippen molar-refractivity contribution in [2.45, 2.75) is 33.7 Å². The average molecular weight is 300 g/mol. The fourth-order valence-corrected chi connectivity index (χ4v) is 2.73. The number of fused-ring (bicyclic) bond motifs is 1. The van der Waals surface area contributed by atoms with Gasteiger partial charge in [-0.1, -0.05) is 0 Å². The van der Waals surface area contributed by atoms with Gasteiger partial charge >= 0.3 is 0 Å². The van der Waals surface area contributed by atoms with E-state index in [2.05, 4.69) is 31.8 Å². The summed E-state index contributed by atoms with van der Waals surface area (Å²) >= 11 is 0. The van der Waals surface area contributed by atoms with Crippen LogP contribution in [0.15, 0.2) is 6.07 Å². The predicted octanol–water partition coefficient (Wildman–Crippen LogP) is 0.996. The molecule has 0 aromatic carbocycles. The lowest BCUT2D eigenvalue weighted by Gasteiger charge is -2.19. The first-order chi connectivity index (χ1) is 10.5. The summed E-state index contributed by atoms with van der Waals surface area (Å²) in [5.41, 5.74) is 3.55. The summed E-state index contributed by atoms with van der Waals surface area (Å²) < 4.78 is 1.97. The Hall–Kier alpha value is -2.44. The van der Waals surface area contributed by atoms with Gasteiger partial charge in [-0.25, -0.2) is 9.97 Å². The third-order valence-electron chi connectivity index (χ3n) is 3.71. The number of amides is 1. The summed E-state index contributed by atoms with van der Waals surface area (Å²) in [4.78, 5) is 20.6. The SMILES string of the molecule is Cc1cc(C)n(CCNc2nc(C)nc3c2CCNC3=O)n1. The van der Waals surface area contributed by atoms with Crippen LogP contribution in [-0.2, 0) is 13.0 Å². The van der Waals surface area contributed by atoms with Gasteiger partial charge in [0.2, 0.25) is 0 Å². The van der Waals surface area contributed by atoms with Crippen molar-refractivity contribution in [3.05, 3.63) is 34.5 Å². The fraction of sp³-hybridized carbons (Fsp3) is 0.467. The van der Waals surface area contributed by atoms with Gasteiger partial charge in [0.15, 0.2) is 0 Å². The highest BCUT2D eigenvalue weighted by Gasteiger charge is 2.22. The number of rotatable bonds is 4. The van der Waals surface area contributed by atoms with E-state index in [-0.39, 0.29) is 5.91 Å². The molecule has 1 amide bonds. The number of hydrogen-bond acceptors (Lipinski definition) is 5. The van der Waals surface area contributed by atoms with E-state index in [0.717, 1.165) is 35.7 Å². The van der Waals surface area contributed by atoms with Crippen molar-refractivity contribution in [1.82, 2.24) is 25.1 Å². The van der Waals surface area contributed by atoms with Gasteiger partial charge < -0.3 is 10.6 Å². The van der Waals surface area contributed by atoms with Crippen LogP contribution in [0.5, 0.6) is 0 Å². The minimum absolute atomic E-state index is 0.117. The number of carbonyl (C=O) groups excluding carboxylic acids is 1. The molecule has 116 valence electrons. The molecule has 3 rings (SSSR count). The van der Waals surface area contributed by atoms with Crippen LogP contribution in [0.4, 0.5) is 5.82 Å². The molecule has 1 aliphatic heterocycles. The fourth-order valence-electron chi connectivity index (χ4n) is 2.73. The van der Waals surface area contributed by atoms with Gasteiger partial charge in [-0.3, -0.25) is 9.48 Å². The summed E-state index contributed by atoms with van der Waals surface area (Å²) in [6, 6.07) is 2.06. The van der Waals surface area contributed by atoms with Gasteiger partial charge in [0.25, 0.3) is 5.91 Å². The Labute approximate surface area is 129 Å². The summed E-state index contributed by atoms with van der Waals surface area (Å²) in [6.07, 6.45) is 0.754. The Morgan fingerprint density at radius 2 is 2.14 bits per heavy atom. The van der Waals surface area contributed by atoms with Crippen LogP contribution in [0.3, 0.4) is 0 Å². The quantitative estimate of drug-likeness (QED) is 0.880. The molecule has 0 saturated heterocycles. The maximum absolute atomic E-state index is 11.9. The lowest BCUT2D eigenvalue weighted by molar-refractivity contribution is 0.0940. The van der Waals surface area contributed by atoms with E-state index < -0.39 is 0 Å². The highest BCUT2D eigenvalue weighted by atomic mass is 16.1. The Balaban J connectivity index is 1.75. The predicted molar refractivity (Wildman–Crippen MR) is 83.0 cm³/mol. The van der Waals surface area contributed by atoms with E-state index in [1.54, 1.807) is 6.92 Å². The zero-order valence-corrected chi connectivity index (χ0v) is 13.1. The topological polar surface area (TPSA) is 84.7 Å². The summed E-state index contributed by atoms with van der Waals surface area (Å²) in [5.74, 6) is 1.25. The minimum atomic E-state index is -0.117. The molecule has 0 spiro atoms. The largest absolute Gasteiger partial charge is 0.368 e. The Morgan fingerprint density at radius 1 is 1.32 bits per heavy atom. The first-order valence-electron chi connectivity index (χ1n) is 7.45. The van der Waals surface area contributed by atoms with E-state index in [1.807, 2.05) is 18.5 Å². The Kier molecular flexibility index (Phi) is 3.79. The van der Waals surface area contributed by atoms with E-state index in [9.17, 15) is 4.79 Å². The molecule has 0 unspecified atom stereocenters. The van der Waals surface area contributed by atoms with Crippen LogP contribution >= 0.6 is 0 Å². The smallest absolute Gasteiger partial charge is 0.270 e. The highest BCUT2D eigenvalue weighted by molar-refractivity contribution is 5.95. The first kappa shape index (κ1) is 14.5. The summed E-state index contributed by atoms with van der Waals surface area (Å²) in [5, 5.41) is 10.6. The molecule has 2 aromatic heterocycles. The number of nitrogens with one attached hydrogen (secondary N) is 2. The van der Waals surface area contributed by atoms with E-state index in [1.165, 1.54) is 0 Å². The van der Waals surface area contributed by atoms with Gasteiger partial charge in [-0.05, 0) is 33.3 Å². The zero-order valence-electron chi connectivity index (χ0n) is 13.1. The van der Waals surface area contributed by atoms with Crippen molar-refractivity contribution in [3.63, 3.8) is 0 Å². The van der Waals surface area contributed by atoms with Crippen molar-refractivity contribution < 1.29 is 4.79 Å². The molecule has 2 aromatic rings. The molecular weight excluding hydrogens is 280 g/mol. The molecule has 22 heavy (non-hydrogen) atoms. The second-order valence-electron chi connectivity index (χ2n) is 5.53. The van der Waals surface area contributed by atoms with E-state index >= 15 is 0 Å². The van der Waals surface area contributed by atoms with Gasteiger partial charge in [-0.2, -0.15) is 5.10 Å². The average Bonchev–Trinajstić information content (AvgIpc) is 2.78. The minimum Gasteiger partial charge on any atom is -0.368 e. The molecule has 0 bridgehead atoms.